The maximum Gasteiger partial charge on any atom is 0.0647 e. The van der Waals surface area contributed by atoms with Gasteiger partial charge in [-0.2, -0.15) is 0 Å². The third-order valence-electron chi connectivity index (χ3n) is 22.1. The van der Waals surface area contributed by atoms with Gasteiger partial charge in [0.25, 0.3) is 0 Å². The molecule has 7 aromatic rings. The molecule has 444 valence electrons. The van der Waals surface area contributed by atoms with Crippen LogP contribution >= 0.6 is 27.3 Å². The molecular weight excluding hydrogens is 1100 g/mol. The summed E-state index contributed by atoms with van der Waals surface area (Å²) in [6.45, 7) is 48.4. The number of halogens is 1. The van der Waals surface area contributed by atoms with Gasteiger partial charge in [-0.05, 0) is 269 Å². The van der Waals surface area contributed by atoms with Gasteiger partial charge in [0.05, 0.1) is 17.1 Å². The van der Waals surface area contributed by atoms with Crippen molar-refractivity contribution in [3.63, 3.8) is 0 Å². The molecule has 0 radical (unpaired) electrons. The predicted molar refractivity (Wildman–Crippen MR) is 370 cm³/mol. The largest absolute Gasteiger partial charge is 0.309 e. The van der Waals surface area contributed by atoms with Crippen molar-refractivity contribution in [2.24, 2.45) is 17.8 Å². The fourth-order valence-corrected chi connectivity index (χ4v) is 18.1. The second kappa shape index (κ2) is 19.9. The van der Waals surface area contributed by atoms with Crippen LogP contribution in [0.2, 0.25) is 0 Å². The van der Waals surface area contributed by atoms with Crippen molar-refractivity contribution in [1.29, 1.82) is 0 Å². The summed E-state index contributed by atoms with van der Waals surface area (Å²) in [6.07, 6.45) is 13.1. The fourth-order valence-electron chi connectivity index (χ4n) is 16.6. The van der Waals surface area contributed by atoms with Crippen molar-refractivity contribution in [2.75, 3.05) is 9.80 Å². The van der Waals surface area contributed by atoms with E-state index in [1.165, 1.54) is 140 Å². The highest BCUT2D eigenvalue weighted by Crippen LogP contribution is 2.62. The molecule has 13 rings (SSSR count). The van der Waals surface area contributed by atoms with E-state index >= 15 is 0 Å². The van der Waals surface area contributed by atoms with Gasteiger partial charge in [-0.15, -0.1) is 11.3 Å². The van der Waals surface area contributed by atoms with Crippen molar-refractivity contribution in [3.05, 3.63) is 163 Å². The fraction of sp³-hybridized carbons (Fsp3) is 0.525. The molecular formula is C80H101BrN2S. The zero-order chi connectivity index (χ0) is 60.4. The second-order valence-corrected chi connectivity index (χ2v) is 36.3. The summed E-state index contributed by atoms with van der Waals surface area (Å²) in [5, 5.41) is 3.84. The molecule has 6 aromatic carbocycles. The van der Waals surface area contributed by atoms with Crippen LogP contribution in [0.15, 0.2) is 113 Å². The van der Waals surface area contributed by atoms with Gasteiger partial charge in [0.2, 0.25) is 0 Å². The van der Waals surface area contributed by atoms with Crippen molar-refractivity contribution in [1.82, 2.24) is 0 Å². The van der Waals surface area contributed by atoms with Crippen LogP contribution in [0.3, 0.4) is 0 Å². The number of hydrogen-bond donors (Lipinski definition) is 0. The van der Waals surface area contributed by atoms with Crippen molar-refractivity contribution in [3.8, 4) is 11.1 Å². The molecule has 4 bridgehead atoms. The minimum absolute atomic E-state index is 0.00494. The molecule has 4 saturated carbocycles. The quantitative estimate of drug-likeness (QED) is 0.150. The lowest BCUT2D eigenvalue weighted by Crippen LogP contribution is -2.48. The molecule has 0 aliphatic heterocycles. The highest BCUT2D eigenvalue weighted by Gasteiger charge is 2.52. The average molecular weight is 1200 g/mol. The zero-order valence-electron chi connectivity index (χ0n) is 55.4. The molecule has 6 aliphatic carbocycles. The smallest absolute Gasteiger partial charge is 0.0647 e. The standard InChI is InChI=1S/C80H101BrN2S/c1-72(2,3)54-23-26-68(67(81)39-54)83(69-43-65-63(76(13,14)27-29-78(65,17)18)41-61(69)52-34-55(73(4,5)6)36-56(35-52)74(7,8)9)60-38-57(75(10,11)12)37-59(40-60)82(58-24-21-53(22-25-58)80-45-49-31-50(46-80)33-51(32-49)47-80)70-48-84-71-44-66-64(42-62(70)71)77(15,16)28-30-79(66,19)20/h21-26,34-44,48-51H,27-33,45-47H2,1-20H3. The Morgan fingerprint density at radius 2 is 0.869 bits per heavy atom. The van der Waals surface area contributed by atoms with Crippen LogP contribution in [0.5, 0.6) is 0 Å². The van der Waals surface area contributed by atoms with Gasteiger partial charge in [-0.3, -0.25) is 0 Å². The Morgan fingerprint density at radius 3 is 1.36 bits per heavy atom. The number of fused-ring (bicyclic) bond motifs is 3. The van der Waals surface area contributed by atoms with E-state index in [-0.39, 0.29) is 43.3 Å². The molecule has 4 heteroatoms. The molecule has 0 saturated heterocycles. The van der Waals surface area contributed by atoms with Gasteiger partial charge in [-0.1, -0.05) is 175 Å². The van der Waals surface area contributed by atoms with E-state index in [2.05, 4.69) is 273 Å². The summed E-state index contributed by atoms with van der Waals surface area (Å²) >= 11 is 6.29. The Labute approximate surface area is 521 Å². The molecule has 4 fully saturated rings. The summed E-state index contributed by atoms with van der Waals surface area (Å²) in [5.41, 5.74) is 22.8. The normalized spacial score (nSPS) is 23.1. The molecule has 1 aromatic heterocycles. The van der Waals surface area contributed by atoms with E-state index in [0.717, 1.165) is 46.4 Å². The van der Waals surface area contributed by atoms with E-state index in [1.54, 1.807) is 5.56 Å². The van der Waals surface area contributed by atoms with Crippen molar-refractivity contribution in [2.45, 2.75) is 251 Å². The second-order valence-electron chi connectivity index (χ2n) is 34.6. The van der Waals surface area contributed by atoms with E-state index < -0.39 is 0 Å². The zero-order valence-corrected chi connectivity index (χ0v) is 57.8. The van der Waals surface area contributed by atoms with Crippen molar-refractivity contribution < 1.29 is 0 Å². The topological polar surface area (TPSA) is 6.48 Å². The summed E-state index contributed by atoms with van der Waals surface area (Å²) in [6, 6.07) is 43.1. The minimum Gasteiger partial charge on any atom is -0.309 e. The number of rotatable bonds is 8. The molecule has 0 atom stereocenters. The van der Waals surface area contributed by atoms with E-state index in [9.17, 15) is 0 Å². The van der Waals surface area contributed by atoms with E-state index in [1.807, 2.05) is 11.3 Å². The third kappa shape index (κ3) is 10.6. The number of anilines is 6. The molecule has 0 amide bonds. The molecule has 0 spiro atoms. The van der Waals surface area contributed by atoms with E-state index in [4.69, 9.17) is 0 Å². The maximum atomic E-state index is 4.37. The summed E-state index contributed by atoms with van der Waals surface area (Å²) in [7, 11) is 0. The Hall–Kier alpha value is -4.64. The molecule has 6 aliphatic rings. The maximum absolute atomic E-state index is 4.37. The minimum atomic E-state index is -0.184. The molecule has 1 heterocycles. The highest BCUT2D eigenvalue weighted by atomic mass is 79.9. The molecule has 0 N–H and O–H groups in total. The van der Waals surface area contributed by atoms with Crippen LogP contribution < -0.4 is 9.80 Å². The van der Waals surface area contributed by atoms with Crippen LogP contribution in [-0.2, 0) is 48.7 Å². The van der Waals surface area contributed by atoms with Gasteiger partial charge in [0.1, 0.15) is 0 Å². The lowest BCUT2D eigenvalue weighted by atomic mass is 9.48. The van der Waals surface area contributed by atoms with Crippen LogP contribution in [0.4, 0.5) is 34.1 Å². The van der Waals surface area contributed by atoms with Crippen LogP contribution in [-0.4, -0.2) is 0 Å². The van der Waals surface area contributed by atoms with E-state index in [0.29, 0.717) is 5.41 Å². The molecule has 2 nitrogen and oxygen atoms in total. The summed E-state index contributed by atoms with van der Waals surface area (Å²) in [5.74, 6) is 2.69. The number of benzene rings is 6. The Morgan fingerprint density at radius 1 is 0.417 bits per heavy atom. The van der Waals surface area contributed by atoms with Gasteiger partial charge >= 0.3 is 0 Å². The number of hydrogen-bond acceptors (Lipinski definition) is 3. The molecule has 84 heavy (non-hydrogen) atoms. The Balaban J connectivity index is 1.16. The lowest BCUT2D eigenvalue weighted by Gasteiger charge is -2.57. The first-order valence-corrected chi connectivity index (χ1v) is 34.2. The van der Waals surface area contributed by atoms with Gasteiger partial charge in [0, 0.05) is 42.6 Å². The monoisotopic (exact) mass is 1200 g/mol. The first kappa shape index (κ1) is 59.7. The van der Waals surface area contributed by atoms with Gasteiger partial charge in [0.15, 0.2) is 0 Å². The molecule has 0 unspecified atom stereocenters. The van der Waals surface area contributed by atoms with Gasteiger partial charge < -0.3 is 9.80 Å². The highest BCUT2D eigenvalue weighted by molar-refractivity contribution is 9.10. The number of nitrogens with zero attached hydrogens (tertiary/aromatic N) is 2. The van der Waals surface area contributed by atoms with Crippen molar-refractivity contribution >= 4 is 71.5 Å². The first-order valence-electron chi connectivity index (χ1n) is 32.5. The van der Waals surface area contributed by atoms with Crippen LogP contribution in [0, 0.1) is 17.8 Å². The van der Waals surface area contributed by atoms with Crippen LogP contribution in [0.25, 0.3) is 21.2 Å². The number of thiophene rings is 1. The summed E-state index contributed by atoms with van der Waals surface area (Å²) < 4.78 is 2.47. The SMILES string of the molecule is CC(C)(C)c1cc(N(c2ccc(C(C)(C)C)cc2Br)c2cc3c(cc2-c2cc(C(C)(C)C)cc(C(C)(C)C)c2)C(C)(C)CCC3(C)C)cc(N(c2ccc(C34CC5CC(CC(C5)C3)C4)cc2)c2csc3cc4c(cc23)C(C)(C)CCC4(C)C)c1. The van der Waals surface area contributed by atoms with Crippen LogP contribution in [0.1, 0.15) is 253 Å². The Kier molecular flexibility index (Phi) is 14.2. The predicted octanol–water partition coefficient (Wildman–Crippen LogP) is 24.6. The Bertz CT molecular complexity index is 3650. The first-order chi connectivity index (χ1) is 38.9. The summed E-state index contributed by atoms with van der Waals surface area (Å²) in [4.78, 5) is 5.34. The third-order valence-corrected chi connectivity index (χ3v) is 23.6. The van der Waals surface area contributed by atoms with Gasteiger partial charge in [-0.25, -0.2) is 0 Å². The lowest BCUT2D eigenvalue weighted by molar-refractivity contribution is -0.00518. The average Bonchev–Trinajstić information content (AvgIpc) is 1.21.